The normalized spacial score (nSPS) is 18.5. The molecule has 0 spiro atoms. The third-order valence-corrected chi connectivity index (χ3v) is 11.1. The number of amides is 2. The Bertz CT molecular complexity index is 1380. The molecule has 1 aliphatic rings. The molecule has 224 valence electrons. The number of hydrogen-bond donors (Lipinski definition) is 2. The van der Waals surface area contributed by atoms with Gasteiger partial charge in [-0.3, -0.25) is 10.1 Å². The number of hydrogen-bond acceptors (Lipinski definition) is 7. The van der Waals surface area contributed by atoms with Crippen LogP contribution in [0.4, 0.5) is 10.5 Å². The van der Waals surface area contributed by atoms with E-state index in [-0.39, 0.29) is 17.5 Å². The summed E-state index contributed by atoms with van der Waals surface area (Å²) in [7, 11) is -2.24. The number of nitrogens with one attached hydrogen (secondary N) is 2. The van der Waals surface area contributed by atoms with Crippen LogP contribution in [-0.4, -0.2) is 46.4 Å². The smallest absolute Gasteiger partial charge is 0.411 e. The number of carbonyl (C=O) groups excluding carboxylic acids is 2. The van der Waals surface area contributed by atoms with Crippen molar-refractivity contribution in [1.82, 2.24) is 10.3 Å². The number of ether oxygens (including phenoxy) is 2. The molecule has 1 fully saturated rings. The van der Waals surface area contributed by atoms with E-state index in [1.54, 1.807) is 25.2 Å². The molecule has 1 saturated carbocycles. The number of carbonyl (C=O) groups is 2. The molecule has 2 N–H and O–H groups in total. The number of aromatic nitrogens is 1. The van der Waals surface area contributed by atoms with E-state index in [0.29, 0.717) is 23.5 Å². The van der Waals surface area contributed by atoms with Crippen LogP contribution in [0.2, 0.25) is 0 Å². The van der Waals surface area contributed by atoms with Gasteiger partial charge in [0.1, 0.15) is 0 Å². The molecular weight excluding hydrogens is 556 g/mol. The molecule has 0 bridgehead atoms. The highest BCUT2D eigenvalue weighted by molar-refractivity contribution is 8.03. The molecule has 1 heterocycles. The predicted octanol–water partition coefficient (Wildman–Crippen LogP) is 7.53. The average Bonchev–Trinajstić information content (AvgIpc) is 3.38. The van der Waals surface area contributed by atoms with Gasteiger partial charge in [-0.2, -0.15) is 4.36 Å². The second-order valence-corrected chi connectivity index (χ2v) is 15.2. The van der Waals surface area contributed by atoms with Crippen molar-refractivity contribution in [2.24, 2.45) is 4.36 Å². The summed E-state index contributed by atoms with van der Waals surface area (Å²) in [6.45, 7) is 19.2. The summed E-state index contributed by atoms with van der Waals surface area (Å²) in [6.07, 6.45) is 6.47. The van der Waals surface area contributed by atoms with Crippen molar-refractivity contribution in [3.05, 3.63) is 54.5 Å². The predicted molar refractivity (Wildman–Crippen MR) is 172 cm³/mol. The van der Waals surface area contributed by atoms with Crippen LogP contribution in [0.1, 0.15) is 78.2 Å². The Morgan fingerprint density at radius 2 is 1.76 bits per heavy atom. The summed E-state index contributed by atoms with van der Waals surface area (Å²) >= 11 is 1.66. The Morgan fingerprint density at radius 3 is 2.34 bits per heavy atom. The van der Waals surface area contributed by atoms with Crippen LogP contribution >= 0.6 is 11.3 Å². The van der Waals surface area contributed by atoms with Gasteiger partial charge in [0.05, 0.1) is 22.1 Å². The Balaban J connectivity index is 1.92. The van der Waals surface area contributed by atoms with Gasteiger partial charge in [0, 0.05) is 39.6 Å². The topological polar surface area (TPSA) is 102 Å². The molecule has 41 heavy (non-hydrogen) atoms. The van der Waals surface area contributed by atoms with Crippen molar-refractivity contribution in [3.8, 4) is 10.4 Å². The van der Waals surface area contributed by atoms with E-state index in [1.807, 2.05) is 52.1 Å². The van der Waals surface area contributed by atoms with Crippen LogP contribution in [0.3, 0.4) is 0 Å². The zero-order valence-corrected chi connectivity index (χ0v) is 26.7. The van der Waals surface area contributed by atoms with Gasteiger partial charge >= 0.3 is 6.09 Å². The minimum atomic E-state index is -2.24. The molecule has 3 rings (SSSR count). The van der Waals surface area contributed by atoms with Gasteiger partial charge in [-0.25, -0.2) is 9.78 Å². The molecule has 0 saturated heterocycles. The first-order chi connectivity index (χ1) is 19.3. The minimum Gasteiger partial charge on any atom is -0.477 e. The quantitative estimate of drug-likeness (QED) is 0.157. The van der Waals surface area contributed by atoms with E-state index in [0.717, 1.165) is 46.0 Å². The van der Waals surface area contributed by atoms with Crippen LogP contribution in [0.15, 0.2) is 58.8 Å². The maximum absolute atomic E-state index is 12.5. The third-order valence-electron chi connectivity index (χ3n) is 6.77. The lowest BCUT2D eigenvalue weighted by Gasteiger charge is -2.29. The van der Waals surface area contributed by atoms with E-state index >= 15 is 0 Å². The van der Waals surface area contributed by atoms with Crippen molar-refractivity contribution >= 4 is 44.3 Å². The molecule has 2 aromatic rings. The Morgan fingerprint density at radius 1 is 1.10 bits per heavy atom. The molecule has 0 aliphatic heterocycles. The molecule has 8 nitrogen and oxygen atoms in total. The Kier molecular flexibility index (Phi) is 11.2. The number of benzene rings is 1. The monoisotopic (exact) mass is 600 g/mol. The molecule has 1 atom stereocenters. The highest BCUT2D eigenvalue weighted by Crippen LogP contribution is 2.41. The molecule has 1 aromatic heterocycles. The van der Waals surface area contributed by atoms with Gasteiger partial charge in [0.15, 0.2) is 5.88 Å². The van der Waals surface area contributed by atoms with Crippen LogP contribution in [0.25, 0.3) is 10.4 Å². The molecule has 10 heteroatoms. The van der Waals surface area contributed by atoms with Crippen LogP contribution in [0, 0.1) is 0 Å². The fraction of sp³-hybridized carbons (Fsp3) is 0.484. The van der Waals surface area contributed by atoms with Crippen LogP contribution < -0.4 is 10.6 Å². The van der Waals surface area contributed by atoms with Crippen molar-refractivity contribution in [2.45, 2.75) is 102 Å². The number of nitrogens with zero attached hydrogens (tertiary/aromatic N) is 2. The third kappa shape index (κ3) is 8.69. The second-order valence-electron chi connectivity index (χ2n) is 11.1. The molecule has 0 radical (unpaired) electrons. The number of thiazole rings is 1. The van der Waals surface area contributed by atoms with Gasteiger partial charge in [-0.1, -0.05) is 41.8 Å². The number of anilines is 1. The molecule has 2 amide bonds. The van der Waals surface area contributed by atoms with Crippen molar-refractivity contribution in [2.75, 3.05) is 5.32 Å². The van der Waals surface area contributed by atoms with Crippen molar-refractivity contribution < 1.29 is 19.1 Å². The second kappa shape index (κ2) is 14.2. The first-order valence-electron chi connectivity index (χ1n) is 14.1. The maximum atomic E-state index is 12.5. The average molecular weight is 601 g/mol. The first kappa shape index (κ1) is 32.4. The summed E-state index contributed by atoms with van der Waals surface area (Å²) in [5, 5.41) is 7.26. The lowest BCUT2D eigenvalue weighted by molar-refractivity contribution is -0.113. The van der Waals surface area contributed by atoms with Gasteiger partial charge in [0.2, 0.25) is 0 Å². The van der Waals surface area contributed by atoms with E-state index in [1.165, 1.54) is 6.08 Å². The van der Waals surface area contributed by atoms with E-state index in [9.17, 15) is 9.59 Å². The SMILES string of the molecule is C=CC(=O)N=S(=C)(c1cc(NC(=O)OC(C)C)ccc1-c1cnc(C2CCC(NC(=C)OC(C)C)CC2)s1)C(C)C. The lowest BCUT2D eigenvalue weighted by Crippen LogP contribution is -2.33. The fourth-order valence-corrected chi connectivity index (χ4v) is 7.99. The summed E-state index contributed by atoms with van der Waals surface area (Å²) in [5.41, 5.74) is 1.46. The van der Waals surface area contributed by atoms with Crippen LogP contribution in [-0.2, 0) is 23.7 Å². The summed E-state index contributed by atoms with van der Waals surface area (Å²) < 4.78 is 15.5. The zero-order valence-electron chi connectivity index (χ0n) is 25.1. The molecule has 1 unspecified atom stereocenters. The van der Waals surface area contributed by atoms with Gasteiger partial charge < -0.3 is 14.8 Å². The summed E-state index contributed by atoms with van der Waals surface area (Å²) in [4.78, 5) is 31.4. The summed E-state index contributed by atoms with van der Waals surface area (Å²) in [6, 6.07) is 5.98. The first-order valence-corrected chi connectivity index (χ1v) is 16.7. The highest BCUT2D eigenvalue weighted by atomic mass is 32.2. The Labute approximate surface area is 249 Å². The molecule has 1 aromatic carbocycles. The van der Waals surface area contributed by atoms with Crippen molar-refractivity contribution in [1.29, 1.82) is 0 Å². The van der Waals surface area contributed by atoms with Gasteiger partial charge in [-0.15, -0.1) is 11.3 Å². The maximum Gasteiger partial charge on any atom is 0.411 e. The van der Waals surface area contributed by atoms with E-state index < -0.39 is 21.4 Å². The van der Waals surface area contributed by atoms with Gasteiger partial charge in [-0.05, 0) is 78.2 Å². The highest BCUT2D eigenvalue weighted by Gasteiger charge is 2.26. The zero-order chi connectivity index (χ0) is 30.3. The van der Waals surface area contributed by atoms with E-state index in [4.69, 9.17) is 14.5 Å². The lowest BCUT2D eigenvalue weighted by atomic mass is 9.86. The fourth-order valence-electron chi connectivity index (χ4n) is 4.70. The van der Waals surface area contributed by atoms with Gasteiger partial charge in [0.25, 0.3) is 5.91 Å². The molecular formula is C31H44N4O4S2. The number of rotatable bonds is 11. The standard InChI is InChI=1S/C31H44N4O4S2/c1-10-29(36)35-41(9,21(6)7)28-17-25(34-31(37)39-20(4)5)15-16-26(28)27-18-32-30(40-27)23-11-13-24(14-12-23)33-22(8)38-19(2)3/h10,15-21,23-24,33H,1,8-9,11-14H2,2-7H3,(H,34,37). The van der Waals surface area contributed by atoms with E-state index in [2.05, 4.69) is 34.0 Å². The minimum absolute atomic E-state index is 0.0485. The van der Waals surface area contributed by atoms with Crippen LogP contribution in [0.5, 0.6) is 0 Å². The Hall–Kier alpha value is -3.11. The molecule has 1 aliphatic carbocycles. The van der Waals surface area contributed by atoms with Crippen molar-refractivity contribution in [3.63, 3.8) is 0 Å². The summed E-state index contributed by atoms with van der Waals surface area (Å²) in [5.74, 6) is 5.08. The largest absolute Gasteiger partial charge is 0.477 e.